The molecule has 3 N–H and O–H groups in total. The van der Waals surface area contributed by atoms with Crippen LogP contribution in [0.25, 0.3) is 0 Å². The molecular weight excluding hydrogens is 561 g/mol. The number of carboxylic acid groups (broad SMARTS) is 1. The number of Topliss-reactive ketones (excluding diaryl/α,β-unsaturated/α-hetero) is 1. The summed E-state index contributed by atoms with van der Waals surface area (Å²) in [4.78, 5) is 46.7. The van der Waals surface area contributed by atoms with Gasteiger partial charge < -0.3 is 20.3 Å². The molecule has 1 unspecified atom stereocenters. The van der Waals surface area contributed by atoms with E-state index in [1.165, 1.54) is 24.2 Å². The number of carbonyl (C=O) groups excluding carboxylic acids is 2. The average Bonchev–Trinajstić information content (AvgIpc) is 3.29. The maximum atomic E-state index is 12.9. The van der Waals surface area contributed by atoms with Crippen molar-refractivity contribution in [3.05, 3.63) is 80.8 Å². The van der Waals surface area contributed by atoms with Crippen molar-refractivity contribution in [3.8, 4) is 0 Å². The van der Waals surface area contributed by atoms with Crippen LogP contribution in [0.1, 0.15) is 49.0 Å². The smallest absolute Gasteiger partial charge is 0.326 e. The van der Waals surface area contributed by atoms with Crippen LogP contribution in [0, 0.1) is 5.41 Å². The first-order valence-electron chi connectivity index (χ1n) is 12.1. The third-order valence-corrected chi connectivity index (χ3v) is 8.42. The predicted molar refractivity (Wildman–Crippen MR) is 151 cm³/mol. The van der Waals surface area contributed by atoms with Gasteiger partial charge in [-0.3, -0.25) is 14.6 Å². The number of aromatic nitrogens is 3. The molecule has 0 fully saturated rings. The molecule has 1 amide bonds. The summed E-state index contributed by atoms with van der Waals surface area (Å²) in [5.41, 5.74) is 1.11. The highest BCUT2D eigenvalue weighted by atomic mass is 35.5. The van der Waals surface area contributed by atoms with Gasteiger partial charge in [0, 0.05) is 49.1 Å². The van der Waals surface area contributed by atoms with E-state index in [4.69, 9.17) is 23.2 Å². The van der Waals surface area contributed by atoms with Crippen LogP contribution < -0.4 is 10.6 Å². The molecule has 2 aromatic heterocycles. The van der Waals surface area contributed by atoms with Crippen molar-refractivity contribution < 1.29 is 19.5 Å². The lowest BCUT2D eigenvalue weighted by Crippen LogP contribution is -2.51. The van der Waals surface area contributed by atoms with Gasteiger partial charge in [-0.2, -0.15) is 0 Å². The fourth-order valence-electron chi connectivity index (χ4n) is 4.41. The van der Waals surface area contributed by atoms with Gasteiger partial charge in [-0.1, -0.05) is 42.3 Å². The molecule has 0 radical (unpaired) electrons. The number of pyridine rings is 1. The number of aryl methyl sites for hydroxylation is 1. The Hall–Kier alpha value is -3.34. The molecule has 0 saturated carbocycles. The molecule has 9 nitrogen and oxygen atoms in total. The molecule has 0 aliphatic heterocycles. The van der Waals surface area contributed by atoms with Crippen LogP contribution in [-0.2, 0) is 16.6 Å². The number of amides is 1. The number of rotatable bonds is 10. The maximum absolute atomic E-state index is 12.9. The lowest BCUT2D eigenvalue weighted by atomic mass is 9.73. The summed E-state index contributed by atoms with van der Waals surface area (Å²) in [6.45, 7) is 5.46. The van der Waals surface area contributed by atoms with Gasteiger partial charge in [-0.25, -0.2) is 9.78 Å². The zero-order valence-electron chi connectivity index (χ0n) is 21.7. The summed E-state index contributed by atoms with van der Waals surface area (Å²) < 4.78 is 1.80. The lowest BCUT2D eigenvalue weighted by molar-refractivity contribution is -0.140. The van der Waals surface area contributed by atoms with Crippen molar-refractivity contribution in [1.29, 1.82) is 0 Å². The minimum absolute atomic E-state index is 0.0651. The second kappa shape index (κ2) is 11.4. The molecule has 12 heteroatoms. The van der Waals surface area contributed by atoms with E-state index in [1.807, 2.05) is 14.0 Å². The second-order valence-corrected chi connectivity index (χ2v) is 11.4. The highest BCUT2D eigenvalue weighted by Crippen LogP contribution is 2.48. The van der Waals surface area contributed by atoms with Crippen molar-refractivity contribution in [1.82, 2.24) is 19.9 Å². The Labute approximate surface area is 240 Å². The zero-order valence-corrected chi connectivity index (χ0v) is 24.0. The van der Waals surface area contributed by atoms with Crippen LogP contribution in [0.2, 0.25) is 10.0 Å². The molecule has 0 bridgehead atoms. The number of carboxylic acids is 1. The molecule has 1 aliphatic rings. The van der Waals surface area contributed by atoms with E-state index in [-0.39, 0.29) is 21.4 Å². The fourth-order valence-corrected chi connectivity index (χ4v) is 6.21. The normalized spacial score (nSPS) is 15.9. The van der Waals surface area contributed by atoms with Gasteiger partial charge in [0.25, 0.3) is 5.91 Å². The number of ketones is 1. The molecule has 4 rings (SSSR count). The van der Waals surface area contributed by atoms with Gasteiger partial charge in [0.15, 0.2) is 10.9 Å². The molecule has 1 aliphatic carbocycles. The van der Waals surface area contributed by atoms with E-state index in [1.54, 1.807) is 55.1 Å². The molecule has 1 aromatic carbocycles. The first-order valence-corrected chi connectivity index (χ1v) is 13.7. The van der Waals surface area contributed by atoms with Gasteiger partial charge in [0.1, 0.15) is 6.04 Å². The summed E-state index contributed by atoms with van der Waals surface area (Å²) in [6, 6.07) is 5.93. The summed E-state index contributed by atoms with van der Waals surface area (Å²) in [6.07, 6.45) is 6.61. The highest BCUT2D eigenvalue weighted by molar-refractivity contribution is 8.04. The standard InChI is InChI=1S/C27H27Cl2N5O4S/c1-5-16(14-6-8-15(9-7-14)32-24(36)19-17(28)12-30-13-18(19)29)20(25(37)38)33-22-21(23(35)27(22,2)3)39-26-31-10-11-34(26)4/h6-13,16,20,33H,5H2,1-4H3,(H,32,36)(H,37,38)/t16?,20-/m0/s1. The monoisotopic (exact) mass is 587 g/mol. The SMILES string of the molecule is CCC(c1ccc(NC(=O)c2c(Cl)cncc2Cl)cc1)[C@H](NC1=C(Sc2nccn2C)C(=O)C1(C)C)C(=O)O. The third-order valence-electron chi connectivity index (χ3n) is 6.68. The van der Waals surface area contributed by atoms with E-state index >= 15 is 0 Å². The summed E-state index contributed by atoms with van der Waals surface area (Å²) >= 11 is 13.4. The largest absolute Gasteiger partial charge is 0.480 e. The Morgan fingerprint density at radius 1 is 1.15 bits per heavy atom. The van der Waals surface area contributed by atoms with Crippen molar-refractivity contribution in [3.63, 3.8) is 0 Å². The van der Waals surface area contributed by atoms with E-state index in [2.05, 4.69) is 20.6 Å². The number of allylic oxidation sites excluding steroid dienone is 2. The number of nitrogens with zero attached hydrogens (tertiary/aromatic N) is 3. The molecule has 0 saturated heterocycles. The van der Waals surface area contributed by atoms with Crippen molar-refractivity contribution >= 4 is 58.3 Å². The summed E-state index contributed by atoms with van der Waals surface area (Å²) in [5.74, 6) is -2.01. The van der Waals surface area contributed by atoms with Crippen LogP contribution in [0.4, 0.5) is 5.69 Å². The molecule has 3 aromatic rings. The number of imidazole rings is 1. The molecule has 2 atom stereocenters. The Morgan fingerprint density at radius 3 is 2.33 bits per heavy atom. The molecule has 2 heterocycles. The van der Waals surface area contributed by atoms with Crippen molar-refractivity contribution in [2.75, 3.05) is 5.32 Å². The van der Waals surface area contributed by atoms with Gasteiger partial charge >= 0.3 is 5.97 Å². The van der Waals surface area contributed by atoms with Crippen LogP contribution in [0.3, 0.4) is 0 Å². The van der Waals surface area contributed by atoms with Gasteiger partial charge in [0.2, 0.25) is 0 Å². The number of benzene rings is 1. The first kappa shape index (κ1) is 28.7. The quantitative estimate of drug-likeness (QED) is 0.283. The number of anilines is 1. The number of hydrogen-bond donors (Lipinski definition) is 3. The van der Waals surface area contributed by atoms with E-state index in [0.717, 1.165) is 5.56 Å². The Bertz CT molecular complexity index is 1450. The number of nitrogens with one attached hydrogen (secondary N) is 2. The van der Waals surface area contributed by atoms with Crippen LogP contribution in [0.5, 0.6) is 0 Å². The summed E-state index contributed by atoms with van der Waals surface area (Å²) in [7, 11) is 1.83. The minimum atomic E-state index is -1.04. The predicted octanol–water partition coefficient (Wildman–Crippen LogP) is 5.52. The number of thioether (sulfide) groups is 1. The van der Waals surface area contributed by atoms with Gasteiger partial charge in [-0.15, -0.1) is 0 Å². The number of aliphatic carboxylic acids is 1. The van der Waals surface area contributed by atoms with E-state index in [9.17, 15) is 19.5 Å². The molecule has 0 spiro atoms. The highest BCUT2D eigenvalue weighted by Gasteiger charge is 2.49. The number of hydrogen-bond acceptors (Lipinski definition) is 7. The second-order valence-electron chi connectivity index (χ2n) is 9.61. The van der Waals surface area contributed by atoms with Crippen LogP contribution in [0.15, 0.2) is 64.8 Å². The van der Waals surface area contributed by atoms with E-state index in [0.29, 0.717) is 27.9 Å². The average molecular weight is 589 g/mol. The topological polar surface area (TPSA) is 126 Å². The van der Waals surface area contributed by atoms with Crippen LogP contribution >= 0.6 is 35.0 Å². The van der Waals surface area contributed by atoms with Crippen molar-refractivity contribution in [2.24, 2.45) is 12.5 Å². The van der Waals surface area contributed by atoms with Crippen LogP contribution in [-0.4, -0.2) is 43.3 Å². The minimum Gasteiger partial charge on any atom is -0.480 e. The van der Waals surface area contributed by atoms with E-state index < -0.39 is 29.3 Å². The van der Waals surface area contributed by atoms with Gasteiger partial charge in [-0.05, 0) is 49.7 Å². The Balaban J connectivity index is 1.56. The lowest BCUT2D eigenvalue weighted by Gasteiger charge is -2.41. The van der Waals surface area contributed by atoms with Crippen molar-refractivity contribution in [2.45, 2.75) is 44.3 Å². The summed E-state index contributed by atoms with van der Waals surface area (Å²) in [5, 5.41) is 17.0. The molecular formula is C27H27Cl2N5O4S. The fraction of sp³-hybridized carbons (Fsp3) is 0.296. The number of carbonyl (C=O) groups is 3. The maximum Gasteiger partial charge on any atom is 0.326 e. The number of halogens is 2. The molecule has 39 heavy (non-hydrogen) atoms. The first-order chi connectivity index (χ1) is 18.4. The van der Waals surface area contributed by atoms with Gasteiger partial charge in [0.05, 0.1) is 25.9 Å². The zero-order chi connectivity index (χ0) is 28.5. The Kier molecular flexibility index (Phi) is 8.39. The third kappa shape index (κ3) is 5.68. The Morgan fingerprint density at radius 2 is 1.79 bits per heavy atom. The molecule has 204 valence electrons.